The zero-order valence-electron chi connectivity index (χ0n) is 13.5. The fourth-order valence-corrected chi connectivity index (χ4v) is 3.19. The summed E-state index contributed by atoms with van der Waals surface area (Å²) in [6.45, 7) is 3.10. The van der Waals surface area contributed by atoms with Crippen molar-refractivity contribution >= 4 is 11.6 Å². The normalized spacial score (nSPS) is 16.8. The smallest absolute Gasteiger partial charge is 0.252 e. The van der Waals surface area contributed by atoms with Crippen molar-refractivity contribution in [2.45, 2.75) is 19.4 Å². The molecule has 24 heavy (non-hydrogen) atoms. The molecule has 5 nitrogen and oxygen atoms in total. The van der Waals surface area contributed by atoms with Crippen LogP contribution in [0, 0.1) is 6.92 Å². The van der Waals surface area contributed by atoms with Crippen molar-refractivity contribution in [1.82, 2.24) is 14.7 Å². The first kappa shape index (κ1) is 14.9. The van der Waals surface area contributed by atoms with Gasteiger partial charge in [-0.15, -0.1) is 0 Å². The van der Waals surface area contributed by atoms with Crippen LogP contribution in [0.3, 0.4) is 0 Å². The van der Waals surface area contributed by atoms with E-state index in [4.69, 9.17) is 4.74 Å². The number of ether oxygens (including phenoxy) is 1. The molecule has 5 heteroatoms. The lowest BCUT2D eigenvalue weighted by Crippen LogP contribution is -2.32. The van der Waals surface area contributed by atoms with Gasteiger partial charge in [-0.2, -0.15) is 0 Å². The standard InChI is InChI=1S/C19H19N3O2/c1-13-11-22-12-15(6-7-18(22)21-13)19(23)20-10-17-16-5-3-2-4-14(16)8-9-24-17/h2-7,11-12,17H,8-10H2,1H3,(H,20,23)/t17-/m1/s1. The second kappa shape index (κ2) is 6.09. The highest BCUT2D eigenvalue weighted by atomic mass is 16.5. The fourth-order valence-electron chi connectivity index (χ4n) is 3.19. The highest BCUT2D eigenvalue weighted by Gasteiger charge is 2.21. The molecule has 1 aliphatic heterocycles. The molecular weight excluding hydrogens is 302 g/mol. The average Bonchev–Trinajstić information content (AvgIpc) is 2.98. The minimum atomic E-state index is -0.102. The summed E-state index contributed by atoms with van der Waals surface area (Å²) >= 11 is 0. The summed E-state index contributed by atoms with van der Waals surface area (Å²) in [4.78, 5) is 16.8. The number of nitrogens with one attached hydrogen (secondary N) is 1. The van der Waals surface area contributed by atoms with E-state index in [0.29, 0.717) is 18.7 Å². The molecule has 0 aliphatic carbocycles. The molecule has 2 aromatic heterocycles. The SMILES string of the molecule is Cc1cn2cc(C(=O)NC[C@H]3OCCc4ccccc43)ccc2n1. The van der Waals surface area contributed by atoms with Crippen molar-refractivity contribution in [2.75, 3.05) is 13.2 Å². The molecule has 0 unspecified atom stereocenters. The maximum atomic E-state index is 12.4. The predicted molar refractivity (Wildman–Crippen MR) is 91.1 cm³/mol. The summed E-state index contributed by atoms with van der Waals surface area (Å²) in [7, 11) is 0. The van der Waals surface area contributed by atoms with Crippen molar-refractivity contribution in [2.24, 2.45) is 0 Å². The Bertz CT molecular complexity index is 901. The number of benzene rings is 1. The molecule has 0 radical (unpaired) electrons. The van der Waals surface area contributed by atoms with Gasteiger partial charge in [-0.3, -0.25) is 4.79 Å². The summed E-state index contributed by atoms with van der Waals surface area (Å²) in [6.07, 6.45) is 4.56. The van der Waals surface area contributed by atoms with E-state index in [-0.39, 0.29) is 12.0 Å². The summed E-state index contributed by atoms with van der Waals surface area (Å²) in [5.74, 6) is -0.102. The molecular formula is C19H19N3O2. The lowest BCUT2D eigenvalue weighted by atomic mass is 9.97. The molecule has 4 rings (SSSR count). The van der Waals surface area contributed by atoms with Gasteiger partial charge in [0.05, 0.1) is 17.9 Å². The van der Waals surface area contributed by atoms with Crippen LogP contribution in [0.1, 0.15) is 33.3 Å². The first-order valence-corrected chi connectivity index (χ1v) is 8.14. The first-order chi connectivity index (χ1) is 11.7. The number of hydrogen-bond acceptors (Lipinski definition) is 3. The van der Waals surface area contributed by atoms with Gasteiger partial charge < -0.3 is 14.5 Å². The summed E-state index contributed by atoms with van der Waals surface area (Å²) in [5.41, 5.74) is 4.86. The molecule has 0 saturated heterocycles. The molecule has 0 saturated carbocycles. The Morgan fingerprint density at radius 2 is 2.17 bits per heavy atom. The van der Waals surface area contributed by atoms with Crippen molar-refractivity contribution < 1.29 is 9.53 Å². The lowest BCUT2D eigenvalue weighted by molar-refractivity contribution is 0.0411. The second-order valence-electron chi connectivity index (χ2n) is 6.08. The van der Waals surface area contributed by atoms with Gasteiger partial charge in [0.25, 0.3) is 5.91 Å². The Morgan fingerprint density at radius 3 is 3.08 bits per heavy atom. The fraction of sp³-hybridized carbons (Fsp3) is 0.263. The third-order valence-corrected chi connectivity index (χ3v) is 4.37. The molecule has 0 fully saturated rings. The number of hydrogen-bond donors (Lipinski definition) is 1. The number of nitrogens with zero attached hydrogens (tertiary/aromatic N) is 2. The zero-order valence-corrected chi connectivity index (χ0v) is 13.5. The quantitative estimate of drug-likeness (QED) is 0.807. The minimum Gasteiger partial charge on any atom is -0.371 e. The molecule has 1 aliphatic rings. The van der Waals surface area contributed by atoms with E-state index in [9.17, 15) is 4.79 Å². The molecule has 3 heterocycles. The molecule has 1 amide bonds. The van der Waals surface area contributed by atoms with Crippen LogP contribution >= 0.6 is 0 Å². The number of aryl methyl sites for hydroxylation is 1. The van der Waals surface area contributed by atoms with E-state index in [1.807, 2.05) is 35.7 Å². The molecule has 122 valence electrons. The number of imidazole rings is 1. The number of fused-ring (bicyclic) bond motifs is 2. The van der Waals surface area contributed by atoms with Crippen molar-refractivity contribution in [1.29, 1.82) is 0 Å². The van der Waals surface area contributed by atoms with Gasteiger partial charge >= 0.3 is 0 Å². The topological polar surface area (TPSA) is 55.6 Å². The van der Waals surface area contributed by atoms with Crippen LogP contribution in [-0.2, 0) is 11.2 Å². The molecule has 1 N–H and O–H groups in total. The average molecular weight is 321 g/mol. The van der Waals surface area contributed by atoms with Crippen LogP contribution in [0.4, 0.5) is 0 Å². The van der Waals surface area contributed by atoms with Crippen LogP contribution in [0.5, 0.6) is 0 Å². The van der Waals surface area contributed by atoms with Crippen LogP contribution in [0.2, 0.25) is 0 Å². The number of rotatable bonds is 3. The highest BCUT2D eigenvalue weighted by molar-refractivity contribution is 5.94. The van der Waals surface area contributed by atoms with Crippen LogP contribution < -0.4 is 5.32 Å². The van der Waals surface area contributed by atoms with Crippen LogP contribution in [-0.4, -0.2) is 28.4 Å². The van der Waals surface area contributed by atoms with E-state index in [1.54, 1.807) is 12.3 Å². The third kappa shape index (κ3) is 2.78. The van der Waals surface area contributed by atoms with Crippen molar-refractivity contribution in [3.05, 3.63) is 71.2 Å². The zero-order chi connectivity index (χ0) is 16.5. The predicted octanol–water partition coefficient (Wildman–Crippen LogP) is 2.69. The Labute approximate surface area is 140 Å². The van der Waals surface area contributed by atoms with E-state index in [1.165, 1.54) is 11.1 Å². The molecule has 1 atom stereocenters. The van der Waals surface area contributed by atoms with Gasteiger partial charge in [0.1, 0.15) is 11.8 Å². The summed E-state index contributed by atoms with van der Waals surface area (Å²) < 4.78 is 7.71. The second-order valence-corrected chi connectivity index (χ2v) is 6.08. The monoisotopic (exact) mass is 321 g/mol. The highest BCUT2D eigenvalue weighted by Crippen LogP contribution is 2.26. The van der Waals surface area contributed by atoms with Crippen molar-refractivity contribution in [3.8, 4) is 0 Å². The van der Waals surface area contributed by atoms with Gasteiger partial charge in [0.2, 0.25) is 0 Å². The summed E-state index contributed by atoms with van der Waals surface area (Å²) in [5, 5.41) is 2.98. The van der Waals surface area contributed by atoms with Gasteiger partial charge in [-0.1, -0.05) is 24.3 Å². The largest absolute Gasteiger partial charge is 0.371 e. The number of aromatic nitrogens is 2. The molecule has 1 aromatic carbocycles. The maximum absolute atomic E-state index is 12.4. The Hall–Kier alpha value is -2.66. The van der Waals surface area contributed by atoms with Gasteiger partial charge in [-0.05, 0) is 36.6 Å². The number of amides is 1. The minimum absolute atomic E-state index is 0.0851. The third-order valence-electron chi connectivity index (χ3n) is 4.37. The van der Waals surface area contributed by atoms with Gasteiger partial charge in [0.15, 0.2) is 0 Å². The Balaban J connectivity index is 1.48. The Morgan fingerprint density at radius 1 is 1.29 bits per heavy atom. The van der Waals surface area contributed by atoms with Gasteiger partial charge in [-0.25, -0.2) is 4.98 Å². The molecule has 3 aromatic rings. The number of carbonyl (C=O) groups is 1. The van der Waals surface area contributed by atoms with E-state index >= 15 is 0 Å². The first-order valence-electron chi connectivity index (χ1n) is 8.14. The molecule has 0 spiro atoms. The number of carbonyl (C=O) groups excluding carboxylic acids is 1. The van der Waals surface area contributed by atoms with Crippen LogP contribution in [0.25, 0.3) is 5.65 Å². The Kier molecular flexibility index (Phi) is 3.78. The van der Waals surface area contributed by atoms with E-state index < -0.39 is 0 Å². The van der Waals surface area contributed by atoms with Gasteiger partial charge in [0, 0.05) is 18.9 Å². The lowest BCUT2D eigenvalue weighted by Gasteiger charge is -2.26. The number of pyridine rings is 1. The summed E-state index contributed by atoms with van der Waals surface area (Å²) in [6, 6.07) is 11.9. The van der Waals surface area contributed by atoms with Crippen molar-refractivity contribution in [3.63, 3.8) is 0 Å². The van der Waals surface area contributed by atoms with Crippen LogP contribution in [0.15, 0.2) is 48.8 Å². The van der Waals surface area contributed by atoms with E-state index in [2.05, 4.69) is 22.4 Å². The maximum Gasteiger partial charge on any atom is 0.252 e. The van der Waals surface area contributed by atoms with E-state index in [0.717, 1.165) is 17.8 Å². The molecule has 0 bridgehead atoms.